The van der Waals surface area contributed by atoms with Crippen LogP contribution in [0.25, 0.3) is 0 Å². The van der Waals surface area contributed by atoms with E-state index in [0.717, 1.165) is 5.57 Å². The number of aliphatic hydroxyl groups is 1. The Balaban J connectivity index is 2.25. The first kappa shape index (κ1) is 14.6. The van der Waals surface area contributed by atoms with Crippen LogP contribution < -0.4 is 0 Å². The van der Waals surface area contributed by atoms with Gasteiger partial charge in [0.1, 0.15) is 6.10 Å². The van der Waals surface area contributed by atoms with Gasteiger partial charge in [0.25, 0.3) is 0 Å². The standard InChI is InChI=1S/C14H19NO5/c1-4-19-14(18)15-7-5-6-10-8(2)13(20-9(3)16)12(17)11(10)15/h6,11-13,17H,2,4-5,7H2,1,3H3/t11?,12-,13-/m0/s1. The second kappa shape index (κ2) is 5.66. The van der Waals surface area contributed by atoms with Gasteiger partial charge in [0, 0.05) is 13.5 Å². The SMILES string of the molecule is C=C1C2=CCCN(C(=O)OCC)C2[C@H](O)[C@H]1OC(C)=O. The van der Waals surface area contributed by atoms with Crippen LogP contribution in [0, 0.1) is 0 Å². The largest absolute Gasteiger partial charge is 0.455 e. The third-order valence-electron chi connectivity index (χ3n) is 3.53. The van der Waals surface area contributed by atoms with Gasteiger partial charge in [-0.2, -0.15) is 0 Å². The zero-order valence-electron chi connectivity index (χ0n) is 11.7. The molecular weight excluding hydrogens is 262 g/mol. The van der Waals surface area contributed by atoms with Crippen molar-refractivity contribution in [2.45, 2.75) is 38.5 Å². The first-order valence-electron chi connectivity index (χ1n) is 6.65. The monoisotopic (exact) mass is 281 g/mol. The number of carbonyl (C=O) groups is 2. The Hall–Kier alpha value is -1.82. The van der Waals surface area contributed by atoms with E-state index < -0.39 is 30.3 Å². The maximum Gasteiger partial charge on any atom is 0.410 e. The molecule has 6 heteroatoms. The summed E-state index contributed by atoms with van der Waals surface area (Å²) in [5, 5.41) is 10.4. The number of aliphatic hydroxyl groups excluding tert-OH is 1. The number of hydrogen-bond acceptors (Lipinski definition) is 5. The third-order valence-corrected chi connectivity index (χ3v) is 3.53. The number of rotatable bonds is 2. The van der Waals surface area contributed by atoms with E-state index in [0.29, 0.717) is 18.5 Å². The molecule has 3 atom stereocenters. The van der Waals surface area contributed by atoms with E-state index in [1.54, 1.807) is 6.92 Å². The minimum Gasteiger partial charge on any atom is -0.455 e. The molecule has 1 heterocycles. The molecule has 0 bridgehead atoms. The molecule has 1 aliphatic heterocycles. The van der Waals surface area contributed by atoms with E-state index in [1.165, 1.54) is 11.8 Å². The second-order valence-electron chi connectivity index (χ2n) is 4.83. The smallest absolute Gasteiger partial charge is 0.410 e. The number of carbonyl (C=O) groups excluding carboxylic acids is 2. The predicted molar refractivity (Wildman–Crippen MR) is 70.9 cm³/mol. The van der Waals surface area contributed by atoms with Crippen LogP contribution in [0.15, 0.2) is 23.8 Å². The summed E-state index contributed by atoms with van der Waals surface area (Å²) in [5.74, 6) is -0.489. The van der Waals surface area contributed by atoms with Gasteiger partial charge in [-0.15, -0.1) is 0 Å². The van der Waals surface area contributed by atoms with E-state index in [9.17, 15) is 14.7 Å². The van der Waals surface area contributed by atoms with Crippen LogP contribution in [-0.4, -0.2) is 53.5 Å². The quantitative estimate of drug-likeness (QED) is 0.764. The number of nitrogens with zero attached hydrogens (tertiary/aromatic N) is 1. The summed E-state index contributed by atoms with van der Waals surface area (Å²) >= 11 is 0. The van der Waals surface area contributed by atoms with E-state index in [-0.39, 0.29) is 6.61 Å². The normalized spacial score (nSPS) is 28.8. The molecule has 110 valence electrons. The number of esters is 1. The molecule has 1 amide bonds. The Labute approximate surface area is 117 Å². The molecule has 20 heavy (non-hydrogen) atoms. The fourth-order valence-electron chi connectivity index (χ4n) is 2.74. The van der Waals surface area contributed by atoms with Crippen LogP contribution in [0.2, 0.25) is 0 Å². The zero-order valence-corrected chi connectivity index (χ0v) is 11.7. The van der Waals surface area contributed by atoms with Gasteiger partial charge in [-0.05, 0) is 24.5 Å². The molecule has 1 unspecified atom stereocenters. The molecule has 0 aromatic rings. The molecule has 0 saturated heterocycles. The number of fused-ring (bicyclic) bond motifs is 1. The zero-order chi connectivity index (χ0) is 14.9. The lowest BCUT2D eigenvalue weighted by Crippen LogP contribution is -2.49. The van der Waals surface area contributed by atoms with Gasteiger partial charge in [-0.25, -0.2) is 4.79 Å². The molecule has 0 aromatic heterocycles. The van der Waals surface area contributed by atoms with Crippen molar-refractivity contribution >= 4 is 12.1 Å². The highest BCUT2D eigenvalue weighted by molar-refractivity contribution is 5.71. The van der Waals surface area contributed by atoms with E-state index in [1.807, 2.05) is 6.08 Å². The molecule has 1 fully saturated rings. The van der Waals surface area contributed by atoms with Gasteiger partial charge in [0.2, 0.25) is 0 Å². The third kappa shape index (κ3) is 2.43. The number of ether oxygens (including phenoxy) is 2. The maximum atomic E-state index is 11.9. The summed E-state index contributed by atoms with van der Waals surface area (Å²) in [6.07, 6.45) is 0.290. The average molecular weight is 281 g/mol. The Bertz CT molecular complexity index is 470. The molecule has 2 aliphatic rings. The van der Waals surface area contributed by atoms with Crippen molar-refractivity contribution in [2.24, 2.45) is 0 Å². The topological polar surface area (TPSA) is 76.1 Å². The lowest BCUT2D eigenvalue weighted by Gasteiger charge is -2.33. The van der Waals surface area contributed by atoms with Gasteiger partial charge >= 0.3 is 12.1 Å². The Kier molecular flexibility index (Phi) is 4.13. The van der Waals surface area contributed by atoms with Crippen molar-refractivity contribution in [1.29, 1.82) is 0 Å². The van der Waals surface area contributed by atoms with Crippen LogP contribution in [0.3, 0.4) is 0 Å². The molecule has 0 spiro atoms. The summed E-state index contributed by atoms with van der Waals surface area (Å²) in [5.41, 5.74) is 1.30. The van der Waals surface area contributed by atoms with E-state index >= 15 is 0 Å². The van der Waals surface area contributed by atoms with Crippen LogP contribution >= 0.6 is 0 Å². The summed E-state index contributed by atoms with van der Waals surface area (Å²) in [6.45, 7) is 7.61. The second-order valence-corrected chi connectivity index (χ2v) is 4.83. The van der Waals surface area contributed by atoms with E-state index in [4.69, 9.17) is 9.47 Å². The van der Waals surface area contributed by atoms with Crippen molar-refractivity contribution < 1.29 is 24.2 Å². The van der Waals surface area contributed by atoms with Crippen molar-refractivity contribution in [2.75, 3.05) is 13.2 Å². The molecule has 1 saturated carbocycles. The number of amides is 1. The van der Waals surface area contributed by atoms with Crippen LogP contribution in [0.4, 0.5) is 4.79 Å². The highest BCUT2D eigenvalue weighted by atomic mass is 16.6. The van der Waals surface area contributed by atoms with Crippen molar-refractivity contribution in [3.05, 3.63) is 23.8 Å². The summed E-state index contributed by atoms with van der Waals surface area (Å²) in [7, 11) is 0. The Morgan fingerprint density at radius 2 is 2.25 bits per heavy atom. The van der Waals surface area contributed by atoms with Gasteiger partial charge in [-0.1, -0.05) is 12.7 Å². The lowest BCUT2D eigenvalue weighted by atomic mass is 10.0. The molecule has 0 radical (unpaired) electrons. The summed E-state index contributed by atoms with van der Waals surface area (Å²) in [4.78, 5) is 24.5. The highest BCUT2D eigenvalue weighted by Gasteiger charge is 2.49. The first-order valence-corrected chi connectivity index (χ1v) is 6.65. The minimum atomic E-state index is -1.01. The Morgan fingerprint density at radius 3 is 2.85 bits per heavy atom. The number of hydrogen-bond donors (Lipinski definition) is 1. The summed E-state index contributed by atoms with van der Waals surface area (Å²) in [6, 6.07) is -0.556. The summed E-state index contributed by atoms with van der Waals surface area (Å²) < 4.78 is 10.1. The Morgan fingerprint density at radius 1 is 1.55 bits per heavy atom. The molecule has 1 N–H and O–H groups in total. The molecule has 2 rings (SSSR count). The highest BCUT2D eigenvalue weighted by Crippen LogP contribution is 2.38. The minimum absolute atomic E-state index is 0.269. The van der Waals surface area contributed by atoms with Gasteiger partial charge < -0.3 is 14.6 Å². The first-order chi connectivity index (χ1) is 9.47. The van der Waals surface area contributed by atoms with Crippen molar-refractivity contribution in [3.8, 4) is 0 Å². The molecule has 1 aliphatic carbocycles. The van der Waals surface area contributed by atoms with Crippen LogP contribution in [-0.2, 0) is 14.3 Å². The maximum absolute atomic E-state index is 11.9. The van der Waals surface area contributed by atoms with Crippen LogP contribution in [0.1, 0.15) is 20.3 Å². The van der Waals surface area contributed by atoms with Crippen molar-refractivity contribution in [3.63, 3.8) is 0 Å². The molecule has 0 aromatic carbocycles. The molecular formula is C14H19NO5. The van der Waals surface area contributed by atoms with Gasteiger partial charge in [0.15, 0.2) is 6.10 Å². The molecule has 6 nitrogen and oxygen atoms in total. The van der Waals surface area contributed by atoms with E-state index in [2.05, 4.69) is 6.58 Å². The van der Waals surface area contributed by atoms with Gasteiger partial charge in [-0.3, -0.25) is 9.69 Å². The fraction of sp³-hybridized carbons (Fsp3) is 0.571. The fourth-order valence-corrected chi connectivity index (χ4v) is 2.74. The lowest BCUT2D eigenvalue weighted by molar-refractivity contribution is -0.149. The van der Waals surface area contributed by atoms with Crippen molar-refractivity contribution in [1.82, 2.24) is 4.90 Å². The van der Waals surface area contributed by atoms with Gasteiger partial charge in [0.05, 0.1) is 12.6 Å². The predicted octanol–water partition coefficient (Wildman–Crippen LogP) is 1.01. The average Bonchev–Trinajstić information content (AvgIpc) is 2.64. The van der Waals surface area contributed by atoms with Crippen LogP contribution in [0.5, 0.6) is 0 Å².